The first-order valence-electron chi connectivity index (χ1n) is 12.1. The Bertz CT molecular complexity index is 1710. The highest BCUT2D eigenvalue weighted by Gasteiger charge is 2.19. The van der Waals surface area contributed by atoms with Crippen LogP contribution in [-0.2, 0) is 10.0 Å². The molecule has 0 spiro atoms. The maximum atomic E-state index is 13.2. The summed E-state index contributed by atoms with van der Waals surface area (Å²) in [6, 6.07) is 24.7. The van der Waals surface area contributed by atoms with Gasteiger partial charge in [-0.1, -0.05) is 29.8 Å². The lowest BCUT2D eigenvalue weighted by atomic mass is 10.1. The highest BCUT2D eigenvalue weighted by atomic mass is 35.5. The zero-order chi connectivity index (χ0) is 27.2. The molecule has 0 amide bonds. The molecule has 1 N–H and O–H groups in total. The number of hydrogen-bond acceptors (Lipinski definition) is 6. The van der Waals surface area contributed by atoms with E-state index in [1.165, 1.54) is 12.1 Å². The molecule has 0 saturated carbocycles. The van der Waals surface area contributed by atoms with Crippen molar-refractivity contribution in [3.8, 4) is 22.7 Å². The Morgan fingerprint density at radius 1 is 1.03 bits per heavy atom. The Hall–Kier alpha value is -4.47. The molecule has 0 fully saturated rings. The van der Waals surface area contributed by atoms with Crippen molar-refractivity contribution in [2.75, 3.05) is 11.3 Å². The van der Waals surface area contributed by atoms with Crippen LogP contribution in [0.5, 0.6) is 5.75 Å². The minimum Gasteiger partial charge on any atom is -0.494 e. The highest BCUT2D eigenvalue weighted by molar-refractivity contribution is 7.92. The van der Waals surface area contributed by atoms with Gasteiger partial charge in [-0.3, -0.25) is 14.7 Å². The average Bonchev–Trinajstić information content (AvgIpc) is 3.39. The quantitative estimate of drug-likeness (QED) is 0.207. The number of aliphatic imine (C=N–C) groups is 1. The van der Waals surface area contributed by atoms with Crippen LogP contribution >= 0.6 is 11.6 Å². The molecule has 2 aromatic heterocycles. The van der Waals surface area contributed by atoms with Crippen molar-refractivity contribution in [1.82, 2.24) is 14.8 Å². The molecule has 196 valence electrons. The fourth-order valence-electron chi connectivity index (χ4n) is 3.84. The third-order valence-corrected chi connectivity index (χ3v) is 7.54. The number of hydrogen-bond donors (Lipinski definition) is 1. The van der Waals surface area contributed by atoms with Crippen molar-refractivity contribution in [2.24, 2.45) is 4.99 Å². The second-order valence-electron chi connectivity index (χ2n) is 8.39. The van der Waals surface area contributed by atoms with Crippen LogP contribution in [-0.4, -0.2) is 36.0 Å². The molecule has 0 atom stereocenters. The van der Waals surface area contributed by atoms with E-state index in [4.69, 9.17) is 21.4 Å². The van der Waals surface area contributed by atoms with Crippen molar-refractivity contribution in [3.05, 3.63) is 114 Å². The number of para-hydroxylation sites is 1. The number of aromatic nitrogens is 3. The van der Waals surface area contributed by atoms with Crippen molar-refractivity contribution in [3.63, 3.8) is 0 Å². The Morgan fingerprint density at radius 3 is 2.54 bits per heavy atom. The van der Waals surface area contributed by atoms with Gasteiger partial charge in [-0.25, -0.2) is 13.1 Å². The maximum Gasteiger partial charge on any atom is 0.263 e. The van der Waals surface area contributed by atoms with Crippen LogP contribution in [0.3, 0.4) is 0 Å². The summed E-state index contributed by atoms with van der Waals surface area (Å²) in [5, 5.41) is 4.83. The fraction of sp³-hybridized carbons (Fsp3) is 0.0690. The minimum absolute atomic E-state index is 0.0832. The zero-order valence-corrected chi connectivity index (χ0v) is 22.5. The van der Waals surface area contributed by atoms with Gasteiger partial charge >= 0.3 is 0 Å². The Morgan fingerprint density at radius 2 is 1.82 bits per heavy atom. The minimum atomic E-state index is -3.98. The molecule has 8 nitrogen and oxygen atoms in total. The molecule has 10 heteroatoms. The molecule has 0 saturated heterocycles. The fourth-order valence-corrected chi connectivity index (χ4v) is 5.42. The number of halogens is 1. The summed E-state index contributed by atoms with van der Waals surface area (Å²) in [6.07, 6.45) is 6.94. The van der Waals surface area contributed by atoms with Gasteiger partial charge in [0, 0.05) is 41.6 Å². The lowest BCUT2D eigenvalue weighted by Gasteiger charge is -2.11. The zero-order valence-electron chi connectivity index (χ0n) is 20.9. The number of sulfonamides is 1. The van der Waals surface area contributed by atoms with Crippen LogP contribution in [0.1, 0.15) is 12.5 Å². The van der Waals surface area contributed by atoms with E-state index in [9.17, 15) is 8.42 Å². The second kappa shape index (κ2) is 11.5. The van der Waals surface area contributed by atoms with Crippen LogP contribution in [0.15, 0.2) is 113 Å². The van der Waals surface area contributed by atoms with Crippen molar-refractivity contribution in [1.29, 1.82) is 0 Å². The molecular weight excluding hydrogens is 534 g/mol. The highest BCUT2D eigenvalue weighted by Crippen LogP contribution is 2.29. The first kappa shape index (κ1) is 26.1. The number of anilines is 1. The summed E-state index contributed by atoms with van der Waals surface area (Å²) in [5.74, 6) is 0.649. The SMILES string of the molecule is CCOc1ccc(NS(=O)(=O)c2cc(N=Cc3cn(-c4ccccc4)nc3-c3cccnc3)ccc2Cl)cc1. The molecule has 0 bridgehead atoms. The first-order chi connectivity index (χ1) is 18.9. The molecule has 5 aromatic rings. The molecular formula is C29H24ClN5O3S. The summed E-state index contributed by atoms with van der Waals surface area (Å²) in [5.41, 5.74) is 3.94. The molecule has 39 heavy (non-hydrogen) atoms. The van der Waals surface area contributed by atoms with Gasteiger partial charge in [0.15, 0.2) is 0 Å². The van der Waals surface area contributed by atoms with Crippen molar-refractivity contribution in [2.45, 2.75) is 11.8 Å². The van der Waals surface area contributed by atoms with Crippen LogP contribution < -0.4 is 9.46 Å². The van der Waals surface area contributed by atoms with Crippen molar-refractivity contribution >= 4 is 39.2 Å². The van der Waals surface area contributed by atoms with Gasteiger partial charge in [0.05, 0.1) is 23.0 Å². The predicted molar refractivity (Wildman–Crippen MR) is 154 cm³/mol. The molecule has 0 aliphatic carbocycles. The molecule has 0 aliphatic rings. The van der Waals surface area contributed by atoms with Gasteiger partial charge in [-0.05, 0) is 73.7 Å². The van der Waals surface area contributed by atoms with E-state index in [0.717, 1.165) is 16.8 Å². The van der Waals surface area contributed by atoms with E-state index in [1.54, 1.807) is 53.6 Å². The van der Waals surface area contributed by atoms with E-state index in [-0.39, 0.29) is 9.92 Å². The summed E-state index contributed by atoms with van der Waals surface area (Å²) < 4.78 is 36.1. The average molecular weight is 558 g/mol. The number of benzene rings is 3. The molecule has 2 heterocycles. The van der Waals surface area contributed by atoms with Gasteiger partial charge in [-0.15, -0.1) is 0 Å². The standard InChI is InChI=1S/C29H24ClN5O3S/c1-2-38-26-13-10-23(11-14-26)34-39(36,37)28-17-24(12-15-27(28)30)32-19-22-20-35(25-8-4-3-5-9-25)33-29(22)21-7-6-16-31-18-21/h3-20,34H,2H2,1H3. The topological polar surface area (TPSA) is 98.5 Å². The Labute approximate surface area is 231 Å². The van der Waals surface area contributed by atoms with E-state index in [0.29, 0.717) is 29.4 Å². The van der Waals surface area contributed by atoms with Gasteiger partial charge < -0.3 is 4.74 Å². The van der Waals surface area contributed by atoms with E-state index in [2.05, 4.69) is 14.7 Å². The first-order valence-corrected chi connectivity index (χ1v) is 13.9. The molecule has 0 radical (unpaired) electrons. The van der Waals surface area contributed by atoms with Gasteiger partial charge in [0.1, 0.15) is 16.3 Å². The van der Waals surface area contributed by atoms with E-state index >= 15 is 0 Å². The molecule has 5 rings (SSSR count). The van der Waals surface area contributed by atoms with Crippen LogP contribution in [0.25, 0.3) is 16.9 Å². The largest absolute Gasteiger partial charge is 0.494 e. The summed E-state index contributed by atoms with van der Waals surface area (Å²) in [7, 11) is -3.98. The summed E-state index contributed by atoms with van der Waals surface area (Å²) >= 11 is 6.30. The number of nitrogens with zero attached hydrogens (tertiary/aromatic N) is 4. The monoisotopic (exact) mass is 557 g/mol. The lowest BCUT2D eigenvalue weighted by Crippen LogP contribution is -2.13. The molecule has 0 aliphatic heterocycles. The van der Waals surface area contributed by atoms with Gasteiger partial charge in [0.2, 0.25) is 0 Å². The van der Waals surface area contributed by atoms with Crippen LogP contribution in [0.4, 0.5) is 11.4 Å². The predicted octanol–water partition coefficient (Wildman–Crippen LogP) is 6.54. The van der Waals surface area contributed by atoms with E-state index < -0.39 is 10.0 Å². The molecule has 3 aromatic carbocycles. The number of rotatable bonds is 9. The third-order valence-electron chi connectivity index (χ3n) is 5.67. The summed E-state index contributed by atoms with van der Waals surface area (Å²) in [4.78, 5) is 8.68. The Kier molecular flexibility index (Phi) is 7.72. The van der Waals surface area contributed by atoms with Gasteiger partial charge in [-0.2, -0.15) is 5.10 Å². The summed E-state index contributed by atoms with van der Waals surface area (Å²) in [6.45, 7) is 2.40. The number of pyridine rings is 1. The third kappa shape index (κ3) is 6.17. The maximum absolute atomic E-state index is 13.2. The van der Waals surface area contributed by atoms with Crippen LogP contribution in [0, 0.1) is 0 Å². The normalized spacial score (nSPS) is 11.5. The smallest absolute Gasteiger partial charge is 0.263 e. The van der Waals surface area contributed by atoms with Crippen molar-refractivity contribution < 1.29 is 13.2 Å². The lowest BCUT2D eigenvalue weighted by molar-refractivity contribution is 0.340. The number of ether oxygens (including phenoxy) is 1. The second-order valence-corrected chi connectivity index (χ2v) is 10.4. The van der Waals surface area contributed by atoms with Gasteiger partial charge in [0.25, 0.3) is 10.0 Å². The Balaban J connectivity index is 1.45. The van der Waals surface area contributed by atoms with E-state index in [1.807, 2.05) is 55.6 Å². The molecule has 0 unspecified atom stereocenters. The number of nitrogens with one attached hydrogen (secondary N) is 1. The van der Waals surface area contributed by atoms with Crippen LogP contribution in [0.2, 0.25) is 5.02 Å².